The highest BCUT2D eigenvalue weighted by molar-refractivity contribution is 5.84. The first kappa shape index (κ1) is 16.4. The van der Waals surface area contributed by atoms with Crippen LogP contribution in [0.15, 0.2) is 36.4 Å². The number of hydrogen-bond donors (Lipinski definition) is 0. The topological polar surface area (TPSA) is 9.23 Å². The Kier molecular flexibility index (Phi) is 5.59. The number of unbranched alkanes of at least 4 members (excludes halogenated alkanes) is 1. The SMILES string of the molecule is CCCC[C@H]1CC[C@H](c2ccc3cc(OCC)ccc3c2)CC1. The van der Waals surface area contributed by atoms with Gasteiger partial charge in [-0.1, -0.05) is 50.5 Å². The Labute approximate surface area is 141 Å². The minimum atomic E-state index is 0.727. The zero-order valence-corrected chi connectivity index (χ0v) is 14.7. The van der Waals surface area contributed by atoms with Gasteiger partial charge in [0.05, 0.1) is 6.61 Å². The van der Waals surface area contributed by atoms with Crippen molar-refractivity contribution in [3.05, 3.63) is 42.0 Å². The van der Waals surface area contributed by atoms with Gasteiger partial charge in [0.1, 0.15) is 5.75 Å². The number of benzene rings is 2. The van der Waals surface area contributed by atoms with Gasteiger partial charge in [-0.05, 0) is 72.9 Å². The predicted octanol–water partition coefficient (Wildman–Crippen LogP) is 6.70. The van der Waals surface area contributed by atoms with E-state index in [-0.39, 0.29) is 0 Å². The second-order valence-corrected chi connectivity index (χ2v) is 7.06. The largest absolute Gasteiger partial charge is 0.494 e. The van der Waals surface area contributed by atoms with Crippen molar-refractivity contribution in [1.29, 1.82) is 0 Å². The summed E-state index contributed by atoms with van der Waals surface area (Å²) in [5, 5.41) is 2.63. The van der Waals surface area contributed by atoms with Crippen LogP contribution in [0.25, 0.3) is 10.8 Å². The molecule has 0 atom stereocenters. The van der Waals surface area contributed by atoms with Crippen LogP contribution in [0.5, 0.6) is 5.75 Å². The third-order valence-corrected chi connectivity index (χ3v) is 5.43. The maximum absolute atomic E-state index is 5.60. The average Bonchev–Trinajstić information content (AvgIpc) is 2.60. The first-order chi connectivity index (χ1) is 11.3. The van der Waals surface area contributed by atoms with Crippen molar-refractivity contribution in [1.82, 2.24) is 0 Å². The van der Waals surface area contributed by atoms with E-state index < -0.39 is 0 Å². The van der Waals surface area contributed by atoms with Crippen molar-refractivity contribution >= 4 is 10.8 Å². The van der Waals surface area contributed by atoms with E-state index in [1.165, 1.54) is 61.3 Å². The molecule has 0 radical (unpaired) electrons. The van der Waals surface area contributed by atoms with Gasteiger partial charge in [-0.3, -0.25) is 0 Å². The summed E-state index contributed by atoms with van der Waals surface area (Å²) in [4.78, 5) is 0. The lowest BCUT2D eigenvalue weighted by Gasteiger charge is -2.29. The van der Waals surface area contributed by atoms with Crippen LogP contribution in [0.2, 0.25) is 0 Å². The molecule has 1 fully saturated rings. The molecule has 1 heteroatoms. The Morgan fingerprint density at radius 2 is 1.65 bits per heavy atom. The van der Waals surface area contributed by atoms with Gasteiger partial charge in [0, 0.05) is 0 Å². The molecule has 3 rings (SSSR count). The third kappa shape index (κ3) is 4.07. The maximum Gasteiger partial charge on any atom is 0.119 e. The van der Waals surface area contributed by atoms with Crippen molar-refractivity contribution < 1.29 is 4.74 Å². The fraction of sp³-hybridized carbons (Fsp3) is 0.545. The van der Waals surface area contributed by atoms with Gasteiger partial charge in [-0.2, -0.15) is 0 Å². The van der Waals surface area contributed by atoms with Gasteiger partial charge in [0.15, 0.2) is 0 Å². The molecule has 23 heavy (non-hydrogen) atoms. The van der Waals surface area contributed by atoms with Gasteiger partial charge in [0.2, 0.25) is 0 Å². The van der Waals surface area contributed by atoms with Crippen molar-refractivity contribution in [2.24, 2.45) is 5.92 Å². The summed E-state index contributed by atoms with van der Waals surface area (Å²) in [5.41, 5.74) is 1.54. The Morgan fingerprint density at radius 3 is 2.39 bits per heavy atom. The standard InChI is InChI=1S/C22H30O/c1-3-5-6-17-7-9-18(10-8-17)19-11-12-21-16-22(23-4-2)14-13-20(21)15-19/h11-18H,3-10H2,1-2H3/t17-,18-. The summed E-state index contributed by atoms with van der Waals surface area (Å²) in [6.45, 7) is 5.06. The zero-order chi connectivity index (χ0) is 16.1. The minimum Gasteiger partial charge on any atom is -0.494 e. The number of ether oxygens (including phenoxy) is 1. The molecule has 2 aromatic carbocycles. The molecule has 2 aromatic rings. The molecule has 124 valence electrons. The quantitative estimate of drug-likeness (QED) is 0.576. The van der Waals surface area contributed by atoms with E-state index in [4.69, 9.17) is 4.74 Å². The molecule has 0 N–H and O–H groups in total. The fourth-order valence-corrected chi connectivity index (χ4v) is 4.03. The van der Waals surface area contributed by atoms with Gasteiger partial charge in [-0.25, -0.2) is 0 Å². The first-order valence-corrected chi connectivity index (χ1v) is 9.46. The molecule has 0 heterocycles. The van der Waals surface area contributed by atoms with Crippen LogP contribution in [0.1, 0.15) is 70.3 Å². The fourth-order valence-electron chi connectivity index (χ4n) is 4.03. The van der Waals surface area contributed by atoms with E-state index in [0.29, 0.717) is 0 Å². The maximum atomic E-state index is 5.60. The molecular formula is C22H30O. The van der Waals surface area contributed by atoms with Crippen molar-refractivity contribution in [2.45, 2.75) is 64.7 Å². The average molecular weight is 310 g/mol. The second-order valence-electron chi connectivity index (χ2n) is 7.06. The van der Waals surface area contributed by atoms with E-state index in [0.717, 1.165) is 24.2 Å². The summed E-state index contributed by atoms with van der Waals surface area (Å²) in [5.74, 6) is 2.73. The molecule has 0 amide bonds. The summed E-state index contributed by atoms with van der Waals surface area (Å²) in [6, 6.07) is 13.5. The van der Waals surface area contributed by atoms with Crippen LogP contribution >= 0.6 is 0 Å². The molecule has 1 nitrogen and oxygen atoms in total. The monoisotopic (exact) mass is 310 g/mol. The Hall–Kier alpha value is -1.50. The lowest BCUT2D eigenvalue weighted by Crippen LogP contribution is -2.13. The second kappa shape index (κ2) is 7.86. The molecule has 0 bridgehead atoms. The number of fused-ring (bicyclic) bond motifs is 1. The lowest BCUT2D eigenvalue weighted by molar-refractivity contribution is 0.304. The smallest absolute Gasteiger partial charge is 0.119 e. The van der Waals surface area contributed by atoms with Gasteiger partial charge in [-0.15, -0.1) is 0 Å². The molecule has 0 spiro atoms. The van der Waals surface area contributed by atoms with E-state index in [1.54, 1.807) is 0 Å². The van der Waals surface area contributed by atoms with Gasteiger partial charge >= 0.3 is 0 Å². The van der Waals surface area contributed by atoms with Crippen LogP contribution < -0.4 is 4.74 Å². The van der Waals surface area contributed by atoms with Crippen LogP contribution in [-0.2, 0) is 0 Å². The highest BCUT2D eigenvalue weighted by atomic mass is 16.5. The molecule has 1 aliphatic carbocycles. The molecule has 0 aromatic heterocycles. The van der Waals surface area contributed by atoms with E-state index >= 15 is 0 Å². The van der Waals surface area contributed by atoms with Gasteiger partial charge < -0.3 is 4.74 Å². The molecule has 1 saturated carbocycles. The highest BCUT2D eigenvalue weighted by Crippen LogP contribution is 2.38. The minimum absolute atomic E-state index is 0.727. The van der Waals surface area contributed by atoms with Crippen LogP contribution in [0.3, 0.4) is 0 Å². The van der Waals surface area contributed by atoms with E-state index in [1.807, 2.05) is 6.92 Å². The predicted molar refractivity (Wildman–Crippen MR) is 99.3 cm³/mol. The highest BCUT2D eigenvalue weighted by Gasteiger charge is 2.22. The zero-order valence-electron chi connectivity index (χ0n) is 14.7. The summed E-state index contributed by atoms with van der Waals surface area (Å²) in [7, 11) is 0. The Balaban J connectivity index is 1.68. The number of rotatable bonds is 6. The van der Waals surface area contributed by atoms with E-state index in [9.17, 15) is 0 Å². The van der Waals surface area contributed by atoms with Gasteiger partial charge in [0.25, 0.3) is 0 Å². The molecule has 1 aliphatic rings. The summed E-state index contributed by atoms with van der Waals surface area (Å²) < 4.78 is 5.60. The van der Waals surface area contributed by atoms with Crippen LogP contribution in [0.4, 0.5) is 0 Å². The normalized spacial score (nSPS) is 21.5. The van der Waals surface area contributed by atoms with Crippen molar-refractivity contribution in [3.8, 4) is 5.75 Å². The molecule has 0 saturated heterocycles. The first-order valence-electron chi connectivity index (χ1n) is 9.46. The Morgan fingerprint density at radius 1 is 0.913 bits per heavy atom. The molecule has 0 aliphatic heterocycles. The summed E-state index contributed by atoms with van der Waals surface area (Å²) in [6.07, 6.45) is 9.79. The molecule has 0 unspecified atom stereocenters. The third-order valence-electron chi connectivity index (χ3n) is 5.43. The molecular weight excluding hydrogens is 280 g/mol. The summed E-state index contributed by atoms with van der Waals surface area (Å²) >= 11 is 0. The lowest BCUT2D eigenvalue weighted by atomic mass is 9.77. The van der Waals surface area contributed by atoms with Crippen LogP contribution in [0, 0.1) is 5.92 Å². The Bertz CT molecular complexity index is 623. The van der Waals surface area contributed by atoms with Crippen molar-refractivity contribution in [2.75, 3.05) is 6.61 Å². The van der Waals surface area contributed by atoms with Crippen LogP contribution in [-0.4, -0.2) is 6.61 Å². The van der Waals surface area contributed by atoms with E-state index in [2.05, 4.69) is 43.3 Å². The van der Waals surface area contributed by atoms with Crippen molar-refractivity contribution in [3.63, 3.8) is 0 Å². The number of hydrogen-bond acceptors (Lipinski definition) is 1.